The van der Waals surface area contributed by atoms with Gasteiger partial charge in [-0.15, -0.1) is 0 Å². The summed E-state index contributed by atoms with van der Waals surface area (Å²) in [6, 6.07) is 96.8. The van der Waals surface area contributed by atoms with Crippen LogP contribution in [0, 0.1) is 0 Å². The minimum Gasteiger partial charge on any atom is -0.458 e. The third-order valence-corrected chi connectivity index (χ3v) is 16.4. The number of benzene rings is 13. The molecule has 2 aliphatic rings. The van der Waals surface area contributed by atoms with E-state index in [9.17, 15) is 0 Å². The fourth-order valence-corrected chi connectivity index (χ4v) is 12.9. The SMILES string of the molecule is CC(C)(C)c1cc2c3c(c1)N(c1c(-c4ccccc4)cccc1-c1ccccc1)c1cc(-c4c5ccccc5c(-c5cc6ccccc6c6ccccc56)c5ccccc45)ccc1B3c1cc(-c3ccccc3)ccc1O2. The molecule has 0 bridgehead atoms. The van der Waals surface area contributed by atoms with E-state index < -0.39 is 0 Å². The van der Waals surface area contributed by atoms with Gasteiger partial charge in [0.1, 0.15) is 11.5 Å². The van der Waals surface area contributed by atoms with E-state index in [0.717, 1.165) is 56.4 Å². The van der Waals surface area contributed by atoms with Gasteiger partial charge in [0.25, 0.3) is 6.71 Å². The van der Waals surface area contributed by atoms with Crippen molar-refractivity contribution in [2.45, 2.75) is 26.2 Å². The average molecular weight is 982 g/mol. The molecule has 0 atom stereocenters. The first-order valence-electron chi connectivity index (χ1n) is 26.9. The Hall–Kier alpha value is -9.44. The first-order chi connectivity index (χ1) is 37.9. The lowest BCUT2D eigenvalue weighted by atomic mass is 9.34. The summed E-state index contributed by atoms with van der Waals surface area (Å²) in [7, 11) is 0. The lowest BCUT2D eigenvalue weighted by molar-refractivity contribution is 0.483. The van der Waals surface area contributed by atoms with Crippen molar-refractivity contribution in [3.05, 3.63) is 266 Å². The van der Waals surface area contributed by atoms with Crippen LogP contribution in [0.4, 0.5) is 17.1 Å². The van der Waals surface area contributed by atoms with Crippen LogP contribution in [0.2, 0.25) is 0 Å². The van der Waals surface area contributed by atoms with Crippen LogP contribution in [0.5, 0.6) is 11.5 Å². The van der Waals surface area contributed by atoms with Crippen molar-refractivity contribution in [2.75, 3.05) is 4.90 Å². The molecular weight excluding hydrogens is 930 g/mol. The van der Waals surface area contributed by atoms with Crippen LogP contribution in [-0.2, 0) is 5.41 Å². The maximum Gasteiger partial charge on any atom is 0.256 e. The van der Waals surface area contributed by atoms with E-state index in [-0.39, 0.29) is 12.1 Å². The number of rotatable bonds is 6. The zero-order chi connectivity index (χ0) is 51.4. The first kappa shape index (κ1) is 45.0. The van der Waals surface area contributed by atoms with Crippen molar-refractivity contribution in [1.82, 2.24) is 0 Å². The molecule has 13 aromatic rings. The maximum absolute atomic E-state index is 7.24. The minimum absolute atomic E-state index is 0.122. The Balaban J connectivity index is 1.06. The molecule has 0 amide bonds. The van der Waals surface area contributed by atoms with Gasteiger partial charge in [0, 0.05) is 22.5 Å². The molecule has 15 rings (SSSR count). The molecule has 13 aromatic carbocycles. The van der Waals surface area contributed by atoms with E-state index in [4.69, 9.17) is 4.74 Å². The summed E-state index contributed by atoms with van der Waals surface area (Å²) in [6.07, 6.45) is 0. The van der Waals surface area contributed by atoms with Crippen LogP contribution in [-0.4, -0.2) is 6.71 Å². The molecule has 0 aromatic heterocycles. The highest BCUT2D eigenvalue weighted by atomic mass is 16.5. The monoisotopic (exact) mass is 981 g/mol. The summed E-state index contributed by atoms with van der Waals surface area (Å²) in [5.41, 5.74) is 19.9. The highest BCUT2D eigenvalue weighted by Crippen LogP contribution is 2.52. The second-order valence-electron chi connectivity index (χ2n) is 21.9. The zero-order valence-electron chi connectivity index (χ0n) is 43.3. The van der Waals surface area contributed by atoms with E-state index in [2.05, 4.69) is 287 Å². The summed E-state index contributed by atoms with van der Waals surface area (Å²) in [6.45, 7) is 6.82. The van der Waals surface area contributed by atoms with Gasteiger partial charge in [-0.1, -0.05) is 251 Å². The van der Waals surface area contributed by atoms with Gasteiger partial charge in [0.05, 0.1) is 5.69 Å². The molecule has 0 radical (unpaired) electrons. The summed E-state index contributed by atoms with van der Waals surface area (Å²) in [5.74, 6) is 1.80. The van der Waals surface area contributed by atoms with Crippen molar-refractivity contribution >= 4 is 83.3 Å². The normalized spacial score (nSPS) is 12.7. The van der Waals surface area contributed by atoms with Gasteiger partial charge in [0.15, 0.2) is 0 Å². The standard InChI is InChI=1S/C74H52BNO/c1-74(2,3)53-45-67-72-69(46-53)77-68-41-39-50(47-22-7-4-8-23-47)43-65(68)75(72)64-40-38-52(44-66(64)76(67)73-55(48-24-9-5-10-25-48)36-21-37-56(73)49-26-11-6-12-27-49)70-59-32-17-19-34-61(59)71(62-35-20-18-33-60(62)70)63-42-51-28-13-14-29-54(51)57-30-15-16-31-58(57)63/h4-46H,1-3H3. The number of para-hydroxylation sites is 1. The predicted octanol–water partition coefficient (Wildman–Crippen LogP) is 18.3. The average Bonchev–Trinajstić information content (AvgIpc) is 3.48. The van der Waals surface area contributed by atoms with Crippen LogP contribution in [0.15, 0.2) is 261 Å². The Morgan fingerprint density at radius 2 is 0.870 bits per heavy atom. The van der Waals surface area contributed by atoms with Gasteiger partial charge >= 0.3 is 0 Å². The number of hydrogen-bond donors (Lipinski definition) is 0. The lowest BCUT2D eigenvalue weighted by Crippen LogP contribution is -2.59. The molecule has 2 aliphatic heterocycles. The Kier molecular flexibility index (Phi) is 10.3. The molecule has 362 valence electrons. The summed E-state index contributed by atoms with van der Waals surface area (Å²) >= 11 is 0. The summed E-state index contributed by atoms with van der Waals surface area (Å²) in [5, 5.41) is 9.93. The summed E-state index contributed by atoms with van der Waals surface area (Å²) < 4.78 is 7.24. The van der Waals surface area contributed by atoms with E-state index in [1.54, 1.807) is 0 Å². The fraction of sp³-hybridized carbons (Fsp3) is 0.0541. The maximum atomic E-state index is 7.24. The minimum atomic E-state index is -0.188. The highest BCUT2D eigenvalue weighted by molar-refractivity contribution is 6.99. The number of nitrogens with zero attached hydrogens (tertiary/aromatic N) is 1. The molecule has 0 saturated carbocycles. The Morgan fingerprint density at radius 1 is 0.338 bits per heavy atom. The van der Waals surface area contributed by atoms with Crippen molar-refractivity contribution in [3.63, 3.8) is 0 Å². The number of fused-ring (bicyclic) bond motifs is 9. The van der Waals surface area contributed by atoms with Crippen LogP contribution in [0.25, 0.3) is 98.7 Å². The van der Waals surface area contributed by atoms with Crippen molar-refractivity contribution in [2.24, 2.45) is 0 Å². The van der Waals surface area contributed by atoms with Crippen LogP contribution < -0.4 is 26.0 Å². The van der Waals surface area contributed by atoms with Crippen LogP contribution in [0.3, 0.4) is 0 Å². The van der Waals surface area contributed by atoms with E-state index in [1.165, 1.54) is 92.9 Å². The van der Waals surface area contributed by atoms with Gasteiger partial charge < -0.3 is 9.64 Å². The third-order valence-electron chi connectivity index (χ3n) is 16.4. The van der Waals surface area contributed by atoms with E-state index >= 15 is 0 Å². The molecule has 0 saturated heterocycles. The van der Waals surface area contributed by atoms with Crippen molar-refractivity contribution in [1.29, 1.82) is 0 Å². The van der Waals surface area contributed by atoms with Gasteiger partial charge in [-0.3, -0.25) is 0 Å². The predicted molar refractivity (Wildman–Crippen MR) is 328 cm³/mol. The number of anilines is 3. The fourth-order valence-electron chi connectivity index (χ4n) is 12.9. The Labute approximate surface area is 450 Å². The van der Waals surface area contributed by atoms with Gasteiger partial charge in [-0.25, -0.2) is 0 Å². The largest absolute Gasteiger partial charge is 0.458 e. The number of ether oxygens (including phenoxy) is 1. The molecule has 0 spiro atoms. The molecule has 2 nitrogen and oxygen atoms in total. The smallest absolute Gasteiger partial charge is 0.256 e. The molecule has 0 fully saturated rings. The molecular formula is C74H52BNO. The second-order valence-corrected chi connectivity index (χ2v) is 21.9. The Morgan fingerprint density at radius 3 is 1.49 bits per heavy atom. The topological polar surface area (TPSA) is 12.5 Å². The van der Waals surface area contributed by atoms with Crippen molar-refractivity contribution < 1.29 is 4.74 Å². The van der Waals surface area contributed by atoms with Crippen LogP contribution >= 0.6 is 0 Å². The first-order valence-corrected chi connectivity index (χ1v) is 26.9. The molecule has 3 heteroatoms. The van der Waals surface area contributed by atoms with Crippen LogP contribution in [0.1, 0.15) is 26.3 Å². The quantitative estimate of drug-likeness (QED) is 0.0935. The molecule has 0 unspecified atom stereocenters. The van der Waals surface area contributed by atoms with Crippen molar-refractivity contribution in [3.8, 4) is 67.1 Å². The molecule has 0 N–H and O–H groups in total. The van der Waals surface area contributed by atoms with Gasteiger partial charge in [-0.2, -0.15) is 0 Å². The van der Waals surface area contributed by atoms with Gasteiger partial charge in [0.2, 0.25) is 0 Å². The zero-order valence-corrected chi connectivity index (χ0v) is 43.3. The molecule has 77 heavy (non-hydrogen) atoms. The second kappa shape index (κ2) is 17.6. The van der Waals surface area contributed by atoms with E-state index in [0.29, 0.717) is 0 Å². The number of hydrogen-bond acceptors (Lipinski definition) is 2. The summed E-state index contributed by atoms with van der Waals surface area (Å²) in [4.78, 5) is 2.61. The molecule has 2 heterocycles. The van der Waals surface area contributed by atoms with Gasteiger partial charge in [-0.05, 0) is 145 Å². The lowest BCUT2D eigenvalue weighted by Gasteiger charge is -2.42. The third kappa shape index (κ3) is 7.18. The van der Waals surface area contributed by atoms with E-state index in [1.807, 2.05) is 0 Å². The molecule has 0 aliphatic carbocycles. The highest BCUT2D eigenvalue weighted by Gasteiger charge is 2.44. The Bertz CT molecular complexity index is 4400.